The lowest BCUT2D eigenvalue weighted by Gasteiger charge is -2.07. The standard InChI is InChI=1S/C17H18N6O3/c1-21-13-14(20-16(21)18)22(2)17(25)23(15(13)24)8-10-6-9-7-11(26-3)4-5-12(9)19-10/h4-7,19H,8H2,1-3H3,(H2,18,20). The van der Waals surface area contributed by atoms with E-state index in [9.17, 15) is 9.59 Å². The number of imidazole rings is 1. The van der Waals surface area contributed by atoms with Gasteiger partial charge in [0.1, 0.15) is 5.75 Å². The molecule has 0 bridgehead atoms. The summed E-state index contributed by atoms with van der Waals surface area (Å²) in [5.41, 5.74) is 7.13. The van der Waals surface area contributed by atoms with Gasteiger partial charge in [-0.25, -0.2) is 4.79 Å². The number of nitrogens with one attached hydrogen (secondary N) is 1. The van der Waals surface area contributed by atoms with Crippen LogP contribution in [0.5, 0.6) is 5.75 Å². The molecule has 0 saturated heterocycles. The van der Waals surface area contributed by atoms with E-state index in [1.165, 1.54) is 13.7 Å². The number of benzene rings is 1. The molecule has 134 valence electrons. The number of H-pyrrole nitrogens is 1. The van der Waals surface area contributed by atoms with Crippen LogP contribution in [-0.2, 0) is 20.6 Å². The minimum Gasteiger partial charge on any atom is -0.497 e. The van der Waals surface area contributed by atoms with Crippen molar-refractivity contribution in [2.24, 2.45) is 14.1 Å². The maximum Gasteiger partial charge on any atom is 0.332 e. The molecule has 0 radical (unpaired) electrons. The third-order valence-corrected chi connectivity index (χ3v) is 4.61. The highest BCUT2D eigenvalue weighted by Gasteiger charge is 2.18. The fourth-order valence-corrected chi connectivity index (χ4v) is 3.15. The van der Waals surface area contributed by atoms with Gasteiger partial charge in [0, 0.05) is 30.7 Å². The SMILES string of the molecule is COc1ccc2[nH]c(Cn3c(=O)c4c(nc(N)n4C)n(C)c3=O)cc2c1. The van der Waals surface area contributed by atoms with E-state index in [2.05, 4.69) is 9.97 Å². The Morgan fingerprint density at radius 1 is 1.19 bits per heavy atom. The van der Waals surface area contributed by atoms with Crippen molar-refractivity contribution in [3.05, 3.63) is 50.8 Å². The third-order valence-electron chi connectivity index (χ3n) is 4.61. The largest absolute Gasteiger partial charge is 0.497 e. The zero-order valence-electron chi connectivity index (χ0n) is 14.6. The number of nitrogens with two attached hydrogens (primary N) is 1. The Labute approximate surface area is 147 Å². The average Bonchev–Trinajstić information content (AvgIpc) is 3.17. The molecular formula is C17H18N6O3. The second-order valence-electron chi connectivity index (χ2n) is 6.18. The first-order chi connectivity index (χ1) is 12.4. The minimum atomic E-state index is -0.447. The van der Waals surface area contributed by atoms with E-state index in [1.807, 2.05) is 24.3 Å². The van der Waals surface area contributed by atoms with Crippen LogP contribution < -0.4 is 21.7 Å². The first-order valence-corrected chi connectivity index (χ1v) is 7.98. The first kappa shape index (κ1) is 16.0. The number of hydrogen-bond acceptors (Lipinski definition) is 5. The van der Waals surface area contributed by atoms with Gasteiger partial charge in [-0.05, 0) is 24.3 Å². The fraction of sp³-hybridized carbons (Fsp3) is 0.235. The number of aromatic nitrogens is 5. The van der Waals surface area contributed by atoms with Gasteiger partial charge in [-0.3, -0.25) is 13.9 Å². The number of anilines is 1. The molecule has 0 fully saturated rings. The van der Waals surface area contributed by atoms with Gasteiger partial charge in [0.2, 0.25) is 5.95 Å². The number of nitrogens with zero attached hydrogens (tertiary/aromatic N) is 4. The monoisotopic (exact) mass is 354 g/mol. The summed E-state index contributed by atoms with van der Waals surface area (Å²) in [6.45, 7) is 0.115. The molecule has 0 aliphatic rings. The van der Waals surface area contributed by atoms with Crippen LogP contribution in [-0.4, -0.2) is 30.8 Å². The molecule has 0 aliphatic carbocycles. The Kier molecular flexibility index (Phi) is 3.39. The Morgan fingerprint density at radius 3 is 2.69 bits per heavy atom. The van der Waals surface area contributed by atoms with E-state index in [0.717, 1.165) is 22.3 Å². The van der Waals surface area contributed by atoms with Crippen molar-refractivity contribution in [1.82, 2.24) is 23.7 Å². The average molecular weight is 354 g/mol. The molecule has 3 N–H and O–H groups in total. The number of aryl methyl sites for hydroxylation is 2. The predicted octanol–water partition coefficient (Wildman–Crippen LogP) is 0.554. The van der Waals surface area contributed by atoms with Crippen LogP contribution in [0.2, 0.25) is 0 Å². The molecule has 0 aliphatic heterocycles. The molecular weight excluding hydrogens is 336 g/mol. The van der Waals surface area contributed by atoms with Gasteiger partial charge < -0.3 is 20.0 Å². The smallest absolute Gasteiger partial charge is 0.332 e. The Bertz CT molecular complexity index is 1270. The fourth-order valence-electron chi connectivity index (χ4n) is 3.15. The van der Waals surface area contributed by atoms with Gasteiger partial charge in [0.15, 0.2) is 11.2 Å². The molecule has 1 aromatic carbocycles. The number of rotatable bonds is 3. The minimum absolute atomic E-state index is 0.115. The number of aromatic amines is 1. The van der Waals surface area contributed by atoms with E-state index in [-0.39, 0.29) is 18.1 Å². The zero-order valence-corrected chi connectivity index (χ0v) is 14.6. The highest BCUT2D eigenvalue weighted by molar-refractivity contribution is 5.82. The van der Waals surface area contributed by atoms with E-state index in [1.54, 1.807) is 21.2 Å². The van der Waals surface area contributed by atoms with Crippen molar-refractivity contribution in [3.8, 4) is 5.75 Å². The molecule has 4 aromatic rings. The van der Waals surface area contributed by atoms with E-state index in [0.29, 0.717) is 5.52 Å². The van der Waals surface area contributed by atoms with Crippen LogP contribution in [0.15, 0.2) is 33.9 Å². The summed E-state index contributed by atoms with van der Waals surface area (Å²) in [7, 11) is 4.83. The number of methoxy groups -OCH3 is 1. The molecule has 4 rings (SSSR count). The summed E-state index contributed by atoms with van der Waals surface area (Å²) < 4.78 is 9.22. The van der Waals surface area contributed by atoms with E-state index >= 15 is 0 Å². The molecule has 0 saturated carbocycles. The highest BCUT2D eigenvalue weighted by atomic mass is 16.5. The van der Waals surface area contributed by atoms with Crippen molar-refractivity contribution in [1.29, 1.82) is 0 Å². The number of fused-ring (bicyclic) bond motifs is 2. The van der Waals surface area contributed by atoms with Crippen LogP contribution in [0.1, 0.15) is 5.69 Å². The quantitative estimate of drug-likeness (QED) is 0.558. The van der Waals surface area contributed by atoms with Crippen molar-refractivity contribution in [2.45, 2.75) is 6.54 Å². The summed E-state index contributed by atoms with van der Waals surface area (Å²) in [5.74, 6) is 0.922. The van der Waals surface area contributed by atoms with Gasteiger partial charge in [-0.2, -0.15) is 4.98 Å². The Hall–Kier alpha value is -3.49. The molecule has 0 atom stereocenters. The number of ether oxygens (including phenoxy) is 1. The Balaban J connectivity index is 1.89. The van der Waals surface area contributed by atoms with Crippen molar-refractivity contribution in [3.63, 3.8) is 0 Å². The first-order valence-electron chi connectivity index (χ1n) is 7.98. The molecule has 3 heterocycles. The van der Waals surface area contributed by atoms with Crippen molar-refractivity contribution in [2.75, 3.05) is 12.8 Å². The maximum absolute atomic E-state index is 12.9. The molecule has 0 spiro atoms. The van der Waals surface area contributed by atoms with Crippen molar-refractivity contribution >= 4 is 28.0 Å². The lowest BCUT2D eigenvalue weighted by molar-refractivity contribution is 0.415. The molecule has 26 heavy (non-hydrogen) atoms. The molecule has 9 nitrogen and oxygen atoms in total. The Morgan fingerprint density at radius 2 is 1.96 bits per heavy atom. The molecule has 0 unspecified atom stereocenters. The van der Waals surface area contributed by atoms with Gasteiger partial charge >= 0.3 is 5.69 Å². The highest BCUT2D eigenvalue weighted by Crippen LogP contribution is 2.21. The van der Waals surface area contributed by atoms with Gasteiger partial charge in [-0.15, -0.1) is 0 Å². The van der Waals surface area contributed by atoms with Gasteiger partial charge in [-0.1, -0.05) is 0 Å². The maximum atomic E-state index is 12.9. The summed E-state index contributed by atoms with van der Waals surface area (Å²) in [6.07, 6.45) is 0. The van der Waals surface area contributed by atoms with Gasteiger partial charge in [0.25, 0.3) is 5.56 Å². The van der Waals surface area contributed by atoms with Crippen LogP contribution in [0.4, 0.5) is 5.95 Å². The lowest BCUT2D eigenvalue weighted by Crippen LogP contribution is -2.39. The normalized spacial score (nSPS) is 11.5. The van der Waals surface area contributed by atoms with Crippen LogP contribution in [0.25, 0.3) is 22.1 Å². The molecule has 3 aromatic heterocycles. The summed E-state index contributed by atoms with van der Waals surface area (Å²) in [4.78, 5) is 32.8. The second kappa shape index (κ2) is 5.51. The number of hydrogen-bond donors (Lipinski definition) is 2. The molecule has 0 amide bonds. The summed E-state index contributed by atoms with van der Waals surface area (Å²) >= 11 is 0. The number of nitrogen functional groups attached to an aromatic ring is 1. The second-order valence-corrected chi connectivity index (χ2v) is 6.18. The van der Waals surface area contributed by atoms with Crippen LogP contribution in [0, 0.1) is 0 Å². The predicted molar refractivity (Wildman–Crippen MR) is 98.6 cm³/mol. The van der Waals surface area contributed by atoms with E-state index in [4.69, 9.17) is 10.5 Å². The lowest BCUT2D eigenvalue weighted by atomic mass is 10.2. The van der Waals surface area contributed by atoms with Crippen LogP contribution in [0.3, 0.4) is 0 Å². The third kappa shape index (κ3) is 2.20. The molecule has 9 heteroatoms. The van der Waals surface area contributed by atoms with Crippen LogP contribution >= 0.6 is 0 Å². The summed E-state index contributed by atoms with van der Waals surface area (Å²) in [5, 5.41) is 0.940. The topological polar surface area (TPSA) is 113 Å². The zero-order chi connectivity index (χ0) is 18.6. The van der Waals surface area contributed by atoms with Gasteiger partial charge in [0.05, 0.1) is 13.7 Å². The van der Waals surface area contributed by atoms with Crippen molar-refractivity contribution < 1.29 is 4.74 Å². The summed E-state index contributed by atoms with van der Waals surface area (Å²) in [6, 6.07) is 7.52. The van der Waals surface area contributed by atoms with E-state index < -0.39 is 11.2 Å².